The minimum Gasteiger partial charge on any atom is -0.468 e. The van der Waals surface area contributed by atoms with E-state index in [4.69, 9.17) is 16.3 Å². The van der Waals surface area contributed by atoms with Gasteiger partial charge in [-0.3, -0.25) is 9.59 Å². The maximum Gasteiger partial charge on any atom is 0.325 e. The first-order valence-electron chi connectivity index (χ1n) is 7.96. The molecule has 0 aliphatic rings. The van der Waals surface area contributed by atoms with E-state index in [1.165, 1.54) is 18.4 Å². The van der Waals surface area contributed by atoms with E-state index < -0.39 is 5.97 Å². The zero-order valence-electron chi connectivity index (χ0n) is 14.4. The number of fused-ring (bicyclic) bond motifs is 1. The summed E-state index contributed by atoms with van der Waals surface area (Å²) in [4.78, 5) is 28.9. The number of esters is 1. The van der Waals surface area contributed by atoms with Crippen LogP contribution in [0.5, 0.6) is 0 Å². The number of carbonyl (C=O) groups excluding carboxylic acids is 2. The quantitative estimate of drug-likeness (QED) is 0.642. The molecule has 5 nitrogen and oxygen atoms in total. The third-order valence-corrected chi connectivity index (χ3v) is 5.42. The van der Waals surface area contributed by atoms with Crippen molar-refractivity contribution in [2.24, 2.45) is 4.99 Å². The molecule has 0 radical (unpaired) electrons. The lowest BCUT2D eigenvalue weighted by atomic mass is 10.1. The van der Waals surface area contributed by atoms with Gasteiger partial charge in [0.1, 0.15) is 6.54 Å². The molecule has 0 saturated heterocycles. The first-order valence-corrected chi connectivity index (χ1v) is 9.15. The predicted molar refractivity (Wildman–Crippen MR) is 102 cm³/mol. The molecule has 0 aliphatic carbocycles. The lowest BCUT2D eigenvalue weighted by Gasteiger charge is -2.07. The van der Waals surface area contributed by atoms with Crippen LogP contribution in [0, 0.1) is 6.92 Å². The number of hydrogen-bond acceptors (Lipinski definition) is 4. The van der Waals surface area contributed by atoms with Gasteiger partial charge in [-0.2, -0.15) is 4.99 Å². The number of thiazole rings is 1. The van der Waals surface area contributed by atoms with Gasteiger partial charge >= 0.3 is 5.97 Å². The summed E-state index contributed by atoms with van der Waals surface area (Å²) >= 11 is 7.58. The number of aromatic nitrogens is 1. The van der Waals surface area contributed by atoms with Crippen molar-refractivity contribution in [2.75, 3.05) is 7.11 Å². The van der Waals surface area contributed by atoms with Gasteiger partial charge in [0, 0.05) is 5.02 Å². The fraction of sp³-hybridized carbons (Fsp3) is 0.211. The smallest absolute Gasteiger partial charge is 0.325 e. The van der Waals surface area contributed by atoms with Gasteiger partial charge < -0.3 is 9.30 Å². The summed E-state index contributed by atoms with van der Waals surface area (Å²) in [7, 11) is 1.33. The molecule has 0 fully saturated rings. The lowest BCUT2D eigenvalue weighted by molar-refractivity contribution is -0.141. The van der Waals surface area contributed by atoms with E-state index in [0.717, 1.165) is 21.3 Å². The van der Waals surface area contributed by atoms with E-state index in [9.17, 15) is 9.59 Å². The summed E-state index contributed by atoms with van der Waals surface area (Å²) < 4.78 is 7.38. The van der Waals surface area contributed by atoms with Gasteiger partial charge in [-0.15, -0.1) is 0 Å². The molecule has 26 heavy (non-hydrogen) atoms. The molecule has 3 aromatic rings. The number of methoxy groups -OCH3 is 1. The molecule has 0 N–H and O–H groups in total. The standard InChI is InChI=1S/C19H17ClN2O3S/c1-12-14(20)8-9-15-18(12)22(11-17(24)25-2)19(26-15)21-16(23)10-13-6-4-3-5-7-13/h3-9H,10-11H2,1-2H3. The van der Waals surface area contributed by atoms with E-state index in [-0.39, 0.29) is 18.9 Å². The van der Waals surface area contributed by atoms with E-state index in [1.807, 2.05) is 43.3 Å². The van der Waals surface area contributed by atoms with Crippen molar-refractivity contribution in [2.45, 2.75) is 19.9 Å². The highest BCUT2D eigenvalue weighted by molar-refractivity contribution is 7.16. The maximum absolute atomic E-state index is 12.4. The molecular weight excluding hydrogens is 372 g/mol. The van der Waals surface area contributed by atoms with Gasteiger partial charge in [-0.25, -0.2) is 0 Å². The number of ether oxygens (including phenoxy) is 1. The van der Waals surface area contributed by atoms with Crippen LogP contribution in [-0.2, 0) is 27.3 Å². The molecule has 0 atom stereocenters. The first-order chi connectivity index (χ1) is 12.5. The minimum atomic E-state index is -0.416. The Labute approximate surface area is 159 Å². The third-order valence-electron chi connectivity index (χ3n) is 3.96. The summed E-state index contributed by atoms with van der Waals surface area (Å²) in [5, 5.41) is 0.594. The molecule has 2 aromatic carbocycles. The molecule has 1 aromatic heterocycles. The summed E-state index contributed by atoms with van der Waals surface area (Å²) in [5.41, 5.74) is 2.52. The van der Waals surface area contributed by atoms with E-state index in [1.54, 1.807) is 10.6 Å². The monoisotopic (exact) mass is 388 g/mol. The van der Waals surface area contributed by atoms with Crippen LogP contribution in [0.15, 0.2) is 47.5 Å². The van der Waals surface area contributed by atoms with Crippen LogP contribution in [-0.4, -0.2) is 23.6 Å². The van der Waals surface area contributed by atoms with Crippen LogP contribution >= 0.6 is 22.9 Å². The van der Waals surface area contributed by atoms with Crippen molar-refractivity contribution in [1.29, 1.82) is 0 Å². The Kier molecular flexibility index (Phi) is 5.54. The molecule has 0 unspecified atom stereocenters. The average molecular weight is 389 g/mol. The first kappa shape index (κ1) is 18.4. The largest absolute Gasteiger partial charge is 0.468 e. The third kappa shape index (κ3) is 3.86. The molecule has 0 spiro atoms. The second-order valence-electron chi connectivity index (χ2n) is 5.73. The molecule has 134 valence electrons. The van der Waals surface area contributed by atoms with Crippen molar-refractivity contribution in [3.8, 4) is 0 Å². The summed E-state index contributed by atoms with van der Waals surface area (Å²) in [6, 6.07) is 13.1. The molecule has 0 saturated carbocycles. The Morgan fingerprint density at radius 2 is 1.92 bits per heavy atom. The highest BCUT2D eigenvalue weighted by Gasteiger charge is 2.15. The molecular formula is C19H17ClN2O3S. The fourth-order valence-corrected chi connectivity index (χ4v) is 3.92. The van der Waals surface area contributed by atoms with Gasteiger partial charge in [0.15, 0.2) is 4.80 Å². The van der Waals surface area contributed by atoms with Gasteiger partial charge in [-0.1, -0.05) is 53.3 Å². The van der Waals surface area contributed by atoms with Gasteiger partial charge in [0.2, 0.25) is 0 Å². The zero-order chi connectivity index (χ0) is 18.7. The maximum atomic E-state index is 12.4. The van der Waals surface area contributed by atoms with Crippen molar-refractivity contribution < 1.29 is 14.3 Å². The number of aryl methyl sites for hydroxylation is 1. The summed E-state index contributed by atoms with van der Waals surface area (Å²) in [5.74, 6) is -0.689. The van der Waals surface area contributed by atoms with Crippen LogP contribution in [0.25, 0.3) is 10.2 Å². The van der Waals surface area contributed by atoms with Crippen LogP contribution in [0.4, 0.5) is 0 Å². The van der Waals surface area contributed by atoms with Crippen LogP contribution in [0.1, 0.15) is 11.1 Å². The van der Waals surface area contributed by atoms with E-state index in [0.29, 0.717) is 9.82 Å². The number of halogens is 1. The Bertz CT molecular complexity index is 1040. The fourth-order valence-electron chi connectivity index (χ4n) is 2.66. The van der Waals surface area contributed by atoms with Crippen molar-refractivity contribution in [3.05, 3.63) is 63.4 Å². The Morgan fingerprint density at radius 1 is 1.19 bits per heavy atom. The normalized spacial score (nSPS) is 11.7. The topological polar surface area (TPSA) is 60.7 Å². The summed E-state index contributed by atoms with van der Waals surface area (Å²) in [6.07, 6.45) is 0.201. The van der Waals surface area contributed by atoms with Crippen molar-refractivity contribution >= 4 is 45.0 Å². The predicted octanol–water partition coefficient (Wildman–Crippen LogP) is 3.51. The molecule has 3 rings (SSSR count). The highest BCUT2D eigenvalue weighted by Crippen LogP contribution is 2.27. The van der Waals surface area contributed by atoms with Gasteiger partial charge in [-0.05, 0) is 30.2 Å². The second-order valence-corrected chi connectivity index (χ2v) is 7.15. The van der Waals surface area contributed by atoms with Crippen LogP contribution < -0.4 is 4.80 Å². The average Bonchev–Trinajstić information content (AvgIpc) is 2.96. The Hall–Kier alpha value is -2.44. The van der Waals surface area contributed by atoms with Gasteiger partial charge in [0.05, 0.1) is 23.7 Å². The molecule has 0 bridgehead atoms. The number of rotatable bonds is 4. The number of hydrogen-bond donors (Lipinski definition) is 0. The van der Waals surface area contributed by atoms with E-state index in [2.05, 4.69) is 4.99 Å². The molecule has 7 heteroatoms. The molecule has 0 aliphatic heterocycles. The Balaban J connectivity index is 2.09. The second kappa shape index (κ2) is 7.85. The van der Waals surface area contributed by atoms with Crippen LogP contribution in [0.2, 0.25) is 5.02 Å². The number of benzene rings is 2. The minimum absolute atomic E-state index is 0.0326. The van der Waals surface area contributed by atoms with Crippen LogP contribution in [0.3, 0.4) is 0 Å². The zero-order valence-corrected chi connectivity index (χ0v) is 15.9. The van der Waals surface area contributed by atoms with Crippen molar-refractivity contribution in [1.82, 2.24) is 4.57 Å². The Morgan fingerprint density at radius 3 is 2.62 bits per heavy atom. The molecule has 1 amide bonds. The number of nitrogens with zero attached hydrogens (tertiary/aromatic N) is 2. The van der Waals surface area contributed by atoms with E-state index >= 15 is 0 Å². The summed E-state index contributed by atoms with van der Waals surface area (Å²) in [6.45, 7) is 1.84. The number of amides is 1. The van der Waals surface area contributed by atoms with Crippen molar-refractivity contribution in [3.63, 3.8) is 0 Å². The highest BCUT2D eigenvalue weighted by atomic mass is 35.5. The lowest BCUT2D eigenvalue weighted by Crippen LogP contribution is -2.23. The van der Waals surface area contributed by atoms with Gasteiger partial charge in [0.25, 0.3) is 5.91 Å². The molecule has 1 heterocycles. The SMILES string of the molecule is COC(=O)Cn1c(=NC(=O)Cc2ccccc2)sc2ccc(Cl)c(C)c21. The number of carbonyl (C=O) groups is 2.